The van der Waals surface area contributed by atoms with E-state index in [2.05, 4.69) is 33.0 Å². The molecule has 1 aromatic carbocycles. The number of hydrogen-bond donors (Lipinski definition) is 1. The molecule has 1 rings (SSSR count). The van der Waals surface area contributed by atoms with Crippen molar-refractivity contribution in [2.45, 2.75) is 46.6 Å². The number of nitro groups is 1. The van der Waals surface area contributed by atoms with Gasteiger partial charge in [-0.25, -0.2) is 0 Å². The molecule has 0 unspecified atom stereocenters. The summed E-state index contributed by atoms with van der Waals surface area (Å²) in [5.41, 5.74) is 3.05. The van der Waals surface area contributed by atoms with Gasteiger partial charge in [0.2, 0.25) is 0 Å². The zero-order chi connectivity index (χ0) is 15.3. The fraction of sp³-hybridized carbons (Fsp3) is 0.500. The smallest absolute Gasteiger partial charge is 0.272 e. The fourth-order valence-corrected chi connectivity index (χ4v) is 1.81. The van der Waals surface area contributed by atoms with E-state index in [1.807, 2.05) is 12.1 Å². The number of benzene rings is 1. The van der Waals surface area contributed by atoms with Crippen molar-refractivity contribution in [3.8, 4) is 0 Å². The molecule has 1 N–H and O–H groups in total. The predicted octanol–water partition coefficient (Wildman–Crippen LogP) is 4.08. The maximum absolute atomic E-state index is 11.0. The van der Waals surface area contributed by atoms with Crippen molar-refractivity contribution < 1.29 is 4.92 Å². The van der Waals surface area contributed by atoms with E-state index >= 15 is 0 Å². The van der Waals surface area contributed by atoms with Gasteiger partial charge in [-0.2, -0.15) is 0 Å². The largest absolute Gasteiger partial charge is 0.308 e. The molecule has 1 aromatic rings. The monoisotopic (exact) mass is 276 g/mol. The minimum Gasteiger partial charge on any atom is -0.308 e. The first kappa shape index (κ1) is 16.4. The number of aryl methyl sites for hydroxylation is 1. The van der Waals surface area contributed by atoms with Crippen LogP contribution < -0.4 is 5.32 Å². The van der Waals surface area contributed by atoms with Gasteiger partial charge in [0.25, 0.3) is 5.69 Å². The van der Waals surface area contributed by atoms with E-state index in [-0.39, 0.29) is 16.1 Å². The van der Waals surface area contributed by atoms with Gasteiger partial charge in [-0.1, -0.05) is 30.7 Å². The molecule has 0 amide bonds. The molecular weight excluding hydrogens is 252 g/mol. The summed E-state index contributed by atoms with van der Waals surface area (Å²) in [6, 6.07) is 5.37. The summed E-state index contributed by atoms with van der Waals surface area (Å²) < 4.78 is 0. The van der Waals surface area contributed by atoms with E-state index in [0.717, 1.165) is 18.5 Å². The minimum absolute atomic E-state index is 0.0630. The molecule has 0 radical (unpaired) electrons. The fourth-order valence-electron chi connectivity index (χ4n) is 1.81. The third-order valence-corrected chi connectivity index (χ3v) is 3.10. The number of rotatable bonds is 5. The Morgan fingerprint density at radius 2 is 2.05 bits per heavy atom. The molecule has 0 heterocycles. The van der Waals surface area contributed by atoms with Gasteiger partial charge in [0.05, 0.1) is 4.92 Å². The second-order valence-corrected chi connectivity index (χ2v) is 6.06. The van der Waals surface area contributed by atoms with Crippen molar-refractivity contribution in [3.63, 3.8) is 0 Å². The van der Waals surface area contributed by atoms with Gasteiger partial charge < -0.3 is 5.32 Å². The normalized spacial score (nSPS) is 12.6. The van der Waals surface area contributed by atoms with Crippen molar-refractivity contribution in [2.75, 3.05) is 6.54 Å². The molecule has 110 valence electrons. The standard InChI is InChI=1S/C16H24N2O2/c1-6-13(11-17-16(3,4)5)9-14-8-7-12(2)15(10-14)18(19)20/h7-10,17H,6,11H2,1-5H3. The quantitative estimate of drug-likeness (QED) is 0.651. The molecule has 0 aliphatic carbocycles. The molecule has 4 heteroatoms. The first-order valence-corrected chi connectivity index (χ1v) is 6.92. The van der Waals surface area contributed by atoms with Gasteiger partial charge in [-0.15, -0.1) is 0 Å². The summed E-state index contributed by atoms with van der Waals surface area (Å²) in [4.78, 5) is 10.6. The van der Waals surface area contributed by atoms with E-state index < -0.39 is 0 Å². The zero-order valence-corrected chi connectivity index (χ0v) is 13.0. The van der Waals surface area contributed by atoms with Crippen molar-refractivity contribution >= 4 is 11.8 Å². The summed E-state index contributed by atoms with van der Waals surface area (Å²) in [5, 5.41) is 14.4. The van der Waals surface area contributed by atoms with Crippen LogP contribution in [0.15, 0.2) is 23.8 Å². The van der Waals surface area contributed by atoms with Crippen LogP contribution in [0.3, 0.4) is 0 Å². The van der Waals surface area contributed by atoms with Crippen LogP contribution in [0.4, 0.5) is 5.69 Å². The molecule has 0 fully saturated rings. The summed E-state index contributed by atoms with van der Waals surface area (Å²) in [6.45, 7) is 11.0. The summed E-state index contributed by atoms with van der Waals surface area (Å²) in [5.74, 6) is 0. The van der Waals surface area contributed by atoms with Crippen LogP contribution in [0.25, 0.3) is 6.08 Å². The molecule has 0 bridgehead atoms. The highest BCUT2D eigenvalue weighted by Gasteiger charge is 2.11. The number of nitrogens with one attached hydrogen (secondary N) is 1. The number of nitrogens with zero attached hydrogens (tertiary/aromatic N) is 1. The Hall–Kier alpha value is -1.68. The first-order valence-electron chi connectivity index (χ1n) is 6.92. The van der Waals surface area contributed by atoms with Crippen LogP contribution in [0.1, 0.15) is 45.2 Å². The molecule has 20 heavy (non-hydrogen) atoms. The maximum atomic E-state index is 11.0. The van der Waals surface area contributed by atoms with Crippen molar-refractivity contribution in [2.24, 2.45) is 0 Å². The topological polar surface area (TPSA) is 55.2 Å². The summed E-state index contributed by atoms with van der Waals surface area (Å²) >= 11 is 0. The molecule has 0 aromatic heterocycles. The molecule has 0 spiro atoms. The van der Waals surface area contributed by atoms with Gasteiger partial charge in [0.15, 0.2) is 0 Å². The lowest BCUT2D eigenvalue weighted by molar-refractivity contribution is -0.385. The number of hydrogen-bond acceptors (Lipinski definition) is 3. The summed E-state index contributed by atoms with van der Waals surface area (Å²) in [7, 11) is 0. The van der Waals surface area contributed by atoms with Gasteiger partial charge >= 0.3 is 0 Å². The van der Waals surface area contributed by atoms with E-state index in [1.54, 1.807) is 19.1 Å². The minimum atomic E-state index is -0.328. The Morgan fingerprint density at radius 1 is 1.40 bits per heavy atom. The van der Waals surface area contributed by atoms with E-state index in [1.165, 1.54) is 5.57 Å². The lowest BCUT2D eigenvalue weighted by Gasteiger charge is -2.21. The van der Waals surface area contributed by atoms with Gasteiger partial charge in [0, 0.05) is 23.7 Å². The lowest BCUT2D eigenvalue weighted by atomic mass is 10.0. The van der Waals surface area contributed by atoms with Crippen LogP contribution in [0, 0.1) is 17.0 Å². The molecule has 0 aliphatic heterocycles. The van der Waals surface area contributed by atoms with E-state index in [0.29, 0.717) is 5.56 Å². The Balaban J connectivity index is 2.95. The average Bonchev–Trinajstić information content (AvgIpc) is 2.35. The van der Waals surface area contributed by atoms with E-state index in [4.69, 9.17) is 0 Å². The predicted molar refractivity (Wildman–Crippen MR) is 83.9 cm³/mol. The van der Waals surface area contributed by atoms with Gasteiger partial charge in [-0.3, -0.25) is 10.1 Å². The molecule has 0 saturated carbocycles. The first-order chi connectivity index (χ1) is 9.23. The van der Waals surface area contributed by atoms with Crippen molar-refractivity contribution in [1.82, 2.24) is 5.32 Å². The second-order valence-electron chi connectivity index (χ2n) is 6.06. The third kappa shape index (κ3) is 5.13. The Kier molecular flexibility index (Phi) is 5.45. The molecule has 0 atom stereocenters. The Labute approximate surface area is 121 Å². The van der Waals surface area contributed by atoms with E-state index in [9.17, 15) is 10.1 Å². The van der Waals surface area contributed by atoms with Crippen molar-refractivity contribution in [1.29, 1.82) is 0 Å². The lowest BCUT2D eigenvalue weighted by Crippen LogP contribution is -2.36. The van der Waals surface area contributed by atoms with Gasteiger partial charge in [-0.05, 0) is 39.7 Å². The SMILES string of the molecule is CCC(=Cc1ccc(C)c([N+](=O)[O-])c1)CNC(C)(C)C. The average molecular weight is 276 g/mol. The Bertz CT molecular complexity index is 514. The maximum Gasteiger partial charge on any atom is 0.272 e. The second kappa shape index (κ2) is 6.66. The highest BCUT2D eigenvalue weighted by molar-refractivity contribution is 5.58. The highest BCUT2D eigenvalue weighted by atomic mass is 16.6. The highest BCUT2D eigenvalue weighted by Crippen LogP contribution is 2.21. The molecule has 4 nitrogen and oxygen atoms in total. The van der Waals surface area contributed by atoms with Crippen molar-refractivity contribution in [3.05, 3.63) is 45.0 Å². The van der Waals surface area contributed by atoms with Gasteiger partial charge in [0.1, 0.15) is 0 Å². The van der Waals surface area contributed by atoms with Crippen LogP contribution in [0.2, 0.25) is 0 Å². The molecular formula is C16H24N2O2. The molecule has 0 aliphatic rings. The third-order valence-electron chi connectivity index (χ3n) is 3.10. The summed E-state index contributed by atoms with van der Waals surface area (Å²) in [6.07, 6.45) is 2.95. The van der Waals surface area contributed by atoms with Crippen LogP contribution in [0.5, 0.6) is 0 Å². The van der Waals surface area contributed by atoms with Crippen LogP contribution in [-0.2, 0) is 0 Å². The molecule has 0 saturated heterocycles. The Morgan fingerprint density at radius 3 is 2.55 bits per heavy atom. The zero-order valence-electron chi connectivity index (χ0n) is 13.0. The number of nitro benzene ring substituents is 1. The van der Waals surface area contributed by atoms with Crippen LogP contribution >= 0.6 is 0 Å². The van der Waals surface area contributed by atoms with Crippen LogP contribution in [-0.4, -0.2) is 17.0 Å².